The molecule has 3 nitrogen and oxygen atoms in total. The molecule has 144 valence electrons. The standard InChI is InChI=1S/C26H17NO2S/c28-25-21-9-4-5-10-22(21)26(29)23(25)17-18-12-14-20(15-13-18)27(24-11-6-16-30-24)19-7-2-1-3-8-19/h1-17H. The van der Waals surface area contributed by atoms with Gasteiger partial charge in [-0.15, -0.1) is 11.3 Å². The van der Waals surface area contributed by atoms with E-state index in [9.17, 15) is 9.59 Å². The number of anilines is 3. The third kappa shape index (κ3) is 3.17. The lowest BCUT2D eigenvalue weighted by molar-refractivity contribution is 0.0990. The molecule has 1 heterocycles. The van der Waals surface area contributed by atoms with E-state index in [1.54, 1.807) is 41.7 Å². The van der Waals surface area contributed by atoms with Gasteiger partial charge in [-0.1, -0.05) is 54.6 Å². The van der Waals surface area contributed by atoms with Crippen LogP contribution in [0, 0.1) is 0 Å². The molecule has 3 aromatic carbocycles. The van der Waals surface area contributed by atoms with Crippen molar-refractivity contribution in [2.75, 3.05) is 4.90 Å². The van der Waals surface area contributed by atoms with E-state index in [1.165, 1.54) is 0 Å². The Hall–Kier alpha value is -3.76. The van der Waals surface area contributed by atoms with E-state index in [0.717, 1.165) is 21.9 Å². The van der Waals surface area contributed by atoms with Crippen LogP contribution in [0.15, 0.2) is 102 Å². The minimum absolute atomic E-state index is 0.204. The average Bonchev–Trinajstić information content (AvgIpc) is 3.40. The molecule has 4 aromatic rings. The summed E-state index contributed by atoms with van der Waals surface area (Å²) >= 11 is 1.67. The molecule has 1 aliphatic carbocycles. The number of rotatable bonds is 4. The number of hydrogen-bond acceptors (Lipinski definition) is 4. The Morgan fingerprint density at radius 2 is 1.23 bits per heavy atom. The second-order valence-corrected chi connectivity index (χ2v) is 7.90. The number of thiophene rings is 1. The maximum Gasteiger partial charge on any atom is 0.197 e. The number of fused-ring (bicyclic) bond motifs is 1. The van der Waals surface area contributed by atoms with Gasteiger partial charge < -0.3 is 4.90 Å². The molecule has 1 aliphatic rings. The summed E-state index contributed by atoms with van der Waals surface area (Å²) < 4.78 is 0. The van der Waals surface area contributed by atoms with Crippen LogP contribution in [0.2, 0.25) is 0 Å². The highest BCUT2D eigenvalue weighted by molar-refractivity contribution is 7.14. The van der Waals surface area contributed by atoms with Crippen molar-refractivity contribution in [3.8, 4) is 0 Å². The van der Waals surface area contributed by atoms with E-state index in [2.05, 4.69) is 28.5 Å². The lowest BCUT2D eigenvalue weighted by atomic mass is 10.1. The number of hydrogen-bond donors (Lipinski definition) is 0. The summed E-state index contributed by atoms with van der Waals surface area (Å²) in [6.45, 7) is 0. The summed E-state index contributed by atoms with van der Waals surface area (Å²) in [5.41, 5.74) is 4.10. The zero-order chi connectivity index (χ0) is 20.5. The Morgan fingerprint density at radius 1 is 0.633 bits per heavy atom. The predicted octanol–water partition coefficient (Wildman–Crippen LogP) is 6.68. The lowest BCUT2D eigenvalue weighted by Gasteiger charge is -2.23. The molecule has 0 unspecified atom stereocenters. The highest BCUT2D eigenvalue weighted by Gasteiger charge is 2.32. The number of nitrogens with zero attached hydrogens (tertiary/aromatic N) is 1. The molecule has 0 N–H and O–H groups in total. The second-order valence-electron chi connectivity index (χ2n) is 6.98. The van der Waals surface area contributed by atoms with Crippen molar-refractivity contribution < 1.29 is 9.59 Å². The Bertz CT molecular complexity index is 1220. The van der Waals surface area contributed by atoms with Gasteiger partial charge >= 0.3 is 0 Å². The molecule has 0 atom stereocenters. The number of benzene rings is 3. The molecular formula is C26H17NO2S. The second kappa shape index (κ2) is 7.58. The molecule has 30 heavy (non-hydrogen) atoms. The summed E-state index contributed by atoms with van der Waals surface area (Å²) in [7, 11) is 0. The van der Waals surface area contributed by atoms with E-state index < -0.39 is 0 Å². The number of ketones is 2. The fraction of sp³-hybridized carbons (Fsp3) is 0. The highest BCUT2D eigenvalue weighted by atomic mass is 32.1. The summed E-state index contributed by atoms with van der Waals surface area (Å²) in [4.78, 5) is 27.4. The molecule has 0 fully saturated rings. The number of carbonyl (C=O) groups excluding carboxylic acids is 2. The number of allylic oxidation sites excluding steroid dienone is 1. The van der Waals surface area contributed by atoms with Crippen LogP contribution in [-0.4, -0.2) is 11.6 Å². The van der Waals surface area contributed by atoms with Crippen LogP contribution in [0.1, 0.15) is 26.3 Å². The molecule has 0 aliphatic heterocycles. The molecule has 1 aromatic heterocycles. The number of carbonyl (C=O) groups is 2. The number of para-hydroxylation sites is 1. The third-order valence-electron chi connectivity index (χ3n) is 5.11. The molecule has 0 saturated carbocycles. The topological polar surface area (TPSA) is 37.4 Å². The first-order chi connectivity index (χ1) is 14.7. The Labute approximate surface area is 178 Å². The molecule has 0 saturated heterocycles. The van der Waals surface area contributed by atoms with Gasteiger partial charge in [-0.2, -0.15) is 0 Å². The first-order valence-electron chi connectivity index (χ1n) is 9.61. The highest BCUT2D eigenvalue weighted by Crippen LogP contribution is 2.37. The summed E-state index contributed by atoms with van der Waals surface area (Å²) in [5.74, 6) is -0.409. The van der Waals surface area contributed by atoms with Gasteiger partial charge in [0.1, 0.15) is 0 Å². The minimum Gasteiger partial charge on any atom is -0.302 e. The van der Waals surface area contributed by atoms with Gasteiger partial charge in [0, 0.05) is 22.5 Å². The van der Waals surface area contributed by atoms with E-state index in [0.29, 0.717) is 11.1 Å². The maximum absolute atomic E-state index is 12.6. The molecule has 0 radical (unpaired) electrons. The molecule has 0 bridgehead atoms. The van der Waals surface area contributed by atoms with Gasteiger partial charge in [-0.25, -0.2) is 0 Å². The van der Waals surface area contributed by atoms with Crippen molar-refractivity contribution in [2.24, 2.45) is 0 Å². The Balaban J connectivity index is 1.49. The number of Topliss-reactive ketones (excluding diaryl/α,β-unsaturated/α-hetero) is 2. The van der Waals surface area contributed by atoms with Gasteiger partial charge in [0.25, 0.3) is 0 Å². The zero-order valence-electron chi connectivity index (χ0n) is 16.0. The quantitative estimate of drug-likeness (QED) is 0.280. The average molecular weight is 407 g/mol. The van der Waals surface area contributed by atoms with E-state index in [-0.39, 0.29) is 17.1 Å². The van der Waals surface area contributed by atoms with Crippen LogP contribution in [0.5, 0.6) is 0 Å². The van der Waals surface area contributed by atoms with Crippen LogP contribution in [0.25, 0.3) is 6.08 Å². The SMILES string of the molecule is O=C1C(=Cc2ccc(N(c3ccccc3)c3cccs3)cc2)C(=O)c2ccccc21. The van der Waals surface area contributed by atoms with Crippen molar-refractivity contribution in [3.63, 3.8) is 0 Å². The van der Waals surface area contributed by atoms with Gasteiger partial charge in [-0.05, 0) is 53.4 Å². The first-order valence-corrected chi connectivity index (χ1v) is 10.5. The normalized spacial score (nSPS) is 12.7. The molecule has 0 amide bonds. The molecule has 0 spiro atoms. The van der Waals surface area contributed by atoms with Crippen molar-refractivity contribution in [2.45, 2.75) is 0 Å². The first kappa shape index (κ1) is 18.3. The fourth-order valence-electron chi connectivity index (χ4n) is 3.67. The molecule has 5 rings (SSSR count). The van der Waals surface area contributed by atoms with E-state index >= 15 is 0 Å². The van der Waals surface area contributed by atoms with Gasteiger partial charge in [0.2, 0.25) is 0 Å². The smallest absolute Gasteiger partial charge is 0.197 e. The van der Waals surface area contributed by atoms with Crippen LogP contribution in [-0.2, 0) is 0 Å². The van der Waals surface area contributed by atoms with Crippen LogP contribution in [0.4, 0.5) is 16.4 Å². The molecular weight excluding hydrogens is 390 g/mol. The summed E-state index contributed by atoms with van der Waals surface area (Å²) in [6.07, 6.45) is 1.69. The van der Waals surface area contributed by atoms with Crippen molar-refractivity contribution >= 4 is 45.4 Å². The molecule has 4 heteroatoms. The predicted molar refractivity (Wildman–Crippen MR) is 122 cm³/mol. The maximum atomic E-state index is 12.6. The van der Waals surface area contributed by atoms with Gasteiger partial charge in [0.05, 0.1) is 10.6 Å². The van der Waals surface area contributed by atoms with Crippen molar-refractivity contribution in [1.82, 2.24) is 0 Å². The van der Waals surface area contributed by atoms with Crippen molar-refractivity contribution in [1.29, 1.82) is 0 Å². The third-order valence-corrected chi connectivity index (χ3v) is 5.96. The Morgan fingerprint density at radius 3 is 1.83 bits per heavy atom. The van der Waals surface area contributed by atoms with Crippen LogP contribution in [0.3, 0.4) is 0 Å². The van der Waals surface area contributed by atoms with Crippen molar-refractivity contribution in [3.05, 3.63) is 119 Å². The van der Waals surface area contributed by atoms with Crippen LogP contribution >= 0.6 is 11.3 Å². The van der Waals surface area contributed by atoms with E-state index in [1.807, 2.05) is 48.5 Å². The Kier molecular flexibility index (Phi) is 4.62. The monoisotopic (exact) mass is 407 g/mol. The largest absolute Gasteiger partial charge is 0.302 e. The summed E-state index contributed by atoms with van der Waals surface area (Å²) in [6, 6.07) is 29.2. The van der Waals surface area contributed by atoms with E-state index in [4.69, 9.17) is 0 Å². The van der Waals surface area contributed by atoms with Gasteiger partial charge in [0.15, 0.2) is 11.6 Å². The minimum atomic E-state index is -0.204. The van der Waals surface area contributed by atoms with Crippen LogP contribution < -0.4 is 4.90 Å². The summed E-state index contributed by atoms with van der Waals surface area (Å²) in [5, 5.41) is 3.17. The lowest BCUT2D eigenvalue weighted by Crippen LogP contribution is -2.08. The zero-order valence-corrected chi connectivity index (χ0v) is 16.8. The van der Waals surface area contributed by atoms with Gasteiger partial charge in [-0.3, -0.25) is 9.59 Å². The fourth-order valence-corrected chi connectivity index (χ4v) is 4.44.